The zero-order chi connectivity index (χ0) is 22.7. The van der Waals surface area contributed by atoms with Crippen molar-refractivity contribution >= 4 is 11.8 Å². The quantitative estimate of drug-likeness (QED) is 0.448. The van der Waals surface area contributed by atoms with Gasteiger partial charge in [-0.1, -0.05) is 24.2 Å². The summed E-state index contributed by atoms with van der Waals surface area (Å²) >= 11 is 0. The minimum Gasteiger partial charge on any atom is -0.508 e. The molecule has 2 aromatic heterocycles. The second kappa shape index (κ2) is 8.90. The third kappa shape index (κ3) is 4.52. The zero-order valence-electron chi connectivity index (χ0n) is 17.6. The first-order valence-electron chi connectivity index (χ1n) is 9.77. The second-order valence-corrected chi connectivity index (χ2v) is 7.27. The van der Waals surface area contributed by atoms with Crippen molar-refractivity contribution in [2.24, 2.45) is 0 Å². The van der Waals surface area contributed by atoms with E-state index in [2.05, 4.69) is 20.9 Å². The van der Waals surface area contributed by atoms with Crippen LogP contribution in [0.25, 0.3) is 22.6 Å². The standard InChI is InChI=1S/C21H24N4O6/c1-5-22-21(29)19-18(17-6-12(24-30-17)9-23-11(4)26)20(31-25-19)14-7-13(10(2)3)15(27)8-16(14)28/h6-8,10,27-28H,5,9H2,1-4H3,(H,22,29)(H,23,26). The molecule has 0 radical (unpaired) electrons. The fourth-order valence-electron chi connectivity index (χ4n) is 3.07. The maximum atomic E-state index is 12.6. The van der Waals surface area contributed by atoms with Gasteiger partial charge in [-0.15, -0.1) is 0 Å². The smallest absolute Gasteiger partial charge is 0.274 e. The van der Waals surface area contributed by atoms with Gasteiger partial charge in [0.15, 0.2) is 17.2 Å². The van der Waals surface area contributed by atoms with Gasteiger partial charge in [0.25, 0.3) is 5.91 Å². The van der Waals surface area contributed by atoms with Gasteiger partial charge in [-0.3, -0.25) is 9.59 Å². The first-order chi connectivity index (χ1) is 14.7. The molecule has 3 rings (SSSR count). The average molecular weight is 428 g/mol. The summed E-state index contributed by atoms with van der Waals surface area (Å²) in [5, 5.41) is 33.7. The van der Waals surface area contributed by atoms with Crippen molar-refractivity contribution in [1.29, 1.82) is 0 Å². The van der Waals surface area contributed by atoms with Gasteiger partial charge in [-0.05, 0) is 24.5 Å². The molecule has 10 heteroatoms. The Morgan fingerprint density at radius 3 is 2.45 bits per heavy atom. The number of carbonyl (C=O) groups excluding carboxylic acids is 2. The zero-order valence-corrected chi connectivity index (χ0v) is 17.6. The van der Waals surface area contributed by atoms with Crippen LogP contribution < -0.4 is 10.6 Å². The first-order valence-corrected chi connectivity index (χ1v) is 9.77. The lowest BCUT2D eigenvalue weighted by molar-refractivity contribution is -0.119. The number of benzene rings is 1. The maximum Gasteiger partial charge on any atom is 0.274 e. The minimum atomic E-state index is -0.491. The van der Waals surface area contributed by atoms with Crippen molar-refractivity contribution < 1.29 is 28.8 Å². The van der Waals surface area contributed by atoms with Crippen LogP contribution in [0.2, 0.25) is 0 Å². The van der Waals surface area contributed by atoms with Crippen molar-refractivity contribution in [3.8, 4) is 34.1 Å². The SMILES string of the molecule is CCNC(=O)c1noc(-c2cc(C(C)C)c(O)cc2O)c1-c1cc(CNC(C)=O)no1. The molecule has 1 aromatic carbocycles. The number of phenolic OH excluding ortho intramolecular Hbond substituents is 2. The largest absolute Gasteiger partial charge is 0.508 e. The van der Waals surface area contributed by atoms with E-state index in [1.54, 1.807) is 19.1 Å². The predicted octanol–water partition coefficient (Wildman–Crippen LogP) is 2.92. The second-order valence-electron chi connectivity index (χ2n) is 7.27. The molecule has 0 spiro atoms. The molecule has 4 N–H and O–H groups in total. The highest BCUT2D eigenvalue weighted by Crippen LogP contribution is 2.43. The monoisotopic (exact) mass is 428 g/mol. The fourth-order valence-corrected chi connectivity index (χ4v) is 3.07. The van der Waals surface area contributed by atoms with Crippen LogP contribution in [0.3, 0.4) is 0 Å². The van der Waals surface area contributed by atoms with Gasteiger partial charge < -0.3 is 29.9 Å². The van der Waals surface area contributed by atoms with E-state index >= 15 is 0 Å². The third-order valence-electron chi connectivity index (χ3n) is 4.58. The van der Waals surface area contributed by atoms with Crippen LogP contribution in [0.5, 0.6) is 11.5 Å². The van der Waals surface area contributed by atoms with E-state index in [9.17, 15) is 19.8 Å². The van der Waals surface area contributed by atoms with Gasteiger partial charge in [0.05, 0.1) is 12.1 Å². The molecule has 0 aliphatic carbocycles. The minimum absolute atomic E-state index is 0.0388. The number of rotatable bonds is 7. The molecule has 3 aromatic rings. The number of nitrogens with zero attached hydrogens (tertiary/aromatic N) is 2. The lowest BCUT2D eigenvalue weighted by Crippen LogP contribution is -2.23. The number of hydrogen-bond donors (Lipinski definition) is 4. The molecule has 0 aliphatic rings. The lowest BCUT2D eigenvalue weighted by atomic mass is 9.95. The van der Waals surface area contributed by atoms with Gasteiger partial charge in [0, 0.05) is 25.6 Å². The Bertz CT molecular complexity index is 1120. The molecule has 2 amide bonds. The highest BCUT2D eigenvalue weighted by Gasteiger charge is 2.29. The van der Waals surface area contributed by atoms with Crippen LogP contribution in [0.15, 0.2) is 27.2 Å². The fraction of sp³-hybridized carbons (Fsp3) is 0.333. The summed E-state index contributed by atoms with van der Waals surface area (Å²) in [6, 6.07) is 4.34. The third-order valence-corrected chi connectivity index (χ3v) is 4.58. The van der Waals surface area contributed by atoms with Crippen LogP contribution >= 0.6 is 0 Å². The summed E-state index contributed by atoms with van der Waals surface area (Å²) in [6.45, 7) is 7.43. The number of amides is 2. The number of carbonyl (C=O) groups is 2. The van der Waals surface area contributed by atoms with Crippen LogP contribution in [0, 0.1) is 0 Å². The Morgan fingerprint density at radius 2 is 1.81 bits per heavy atom. The number of phenols is 2. The molecule has 0 saturated carbocycles. The highest BCUT2D eigenvalue weighted by molar-refractivity contribution is 6.01. The molecule has 164 valence electrons. The van der Waals surface area contributed by atoms with Crippen molar-refractivity contribution in [3.05, 3.63) is 35.2 Å². The Balaban J connectivity index is 2.16. The van der Waals surface area contributed by atoms with Gasteiger partial charge in [0.1, 0.15) is 22.8 Å². The van der Waals surface area contributed by atoms with Gasteiger partial charge in [0.2, 0.25) is 5.91 Å². The van der Waals surface area contributed by atoms with E-state index in [1.807, 2.05) is 13.8 Å². The molecule has 0 fully saturated rings. The Morgan fingerprint density at radius 1 is 1.06 bits per heavy atom. The van der Waals surface area contributed by atoms with E-state index in [1.165, 1.54) is 13.0 Å². The van der Waals surface area contributed by atoms with Gasteiger partial charge >= 0.3 is 0 Å². The Hall–Kier alpha value is -3.82. The number of hydrogen-bond acceptors (Lipinski definition) is 8. The summed E-state index contributed by atoms with van der Waals surface area (Å²) in [4.78, 5) is 23.7. The summed E-state index contributed by atoms with van der Waals surface area (Å²) < 4.78 is 10.9. The number of aromatic nitrogens is 2. The molecule has 0 aliphatic heterocycles. The van der Waals surface area contributed by atoms with Crippen LogP contribution in [-0.4, -0.2) is 38.9 Å². The number of nitrogens with one attached hydrogen (secondary N) is 2. The molecule has 0 atom stereocenters. The normalized spacial score (nSPS) is 11.0. The van der Waals surface area contributed by atoms with Gasteiger partial charge in [-0.25, -0.2) is 0 Å². The van der Waals surface area contributed by atoms with E-state index in [4.69, 9.17) is 9.05 Å². The molecular formula is C21H24N4O6. The predicted molar refractivity (Wildman–Crippen MR) is 110 cm³/mol. The van der Waals surface area contributed by atoms with Crippen molar-refractivity contribution in [2.75, 3.05) is 6.54 Å². The van der Waals surface area contributed by atoms with E-state index in [0.29, 0.717) is 17.8 Å². The summed E-state index contributed by atoms with van der Waals surface area (Å²) in [6.07, 6.45) is 0. The molecule has 0 unspecified atom stereocenters. The van der Waals surface area contributed by atoms with E-state index < -0.39 is 5.91 Å². The molecular weight excluding hydrogens is 404 g/mol. The van der Waals surface area contributed by atoms with Crippen LogP contribution in [-0.2, 0) is 11.3 Å². The van der Waals surface area contributed by atoms with Crippen molar-refractivity contribution in [3.63, 3.8) is 0 Å². The maximum absolute atomic E-state index is 12.6. The topological polar surface area (TPSA) is 151 Å². The van der Waals surface area contributed by atoms with Crippen molar-refractivity contribution in [2.45, 2.75) is 40.2 Å². The highest BCUT2D eigenvalue weighted by atomic mass is 16.5. The summed E-state index contributed by atoms with van der Waals surface area (Å²) in [5.41, 5.74) is 1.40. The first kappa shape index (κ1) is 21.9. The Kier molecular flexibility index (Phi) is 6.28. The molecule has 31 heavy (non-hydrogen) atoms. The molecule has 10 nitrogen and oxygen atoms in total. The van der Waals surface area contributed by atoms with Crippen molar-refractivity contribution in [1.82, 2.24) is 20.9 Å². The van der Waals surface area contributed by atoms with Crippen LogP contribution in [0.1, 0.15) is 55.4 Å². The molecule has 2 heterocycles. The molecule has 0 saturated heterocycles. The van der Waals surface area contributed by atoms with E-state index in [0.717, 1.165) is 0 Å². The van der Waals surface area contributed by atoms with Gasteiger partial charge in [-0.2, -0.15) is 0 Å². The summed E-state index contributed by atoms with van der Waals surface area (Å²) in [5.74, 6) is -0.802. The average Bonchev–Trinajstić information content (AvgIpc) is 3.33. The van der Waals surface area contributed by atoms with Crippen LogP contribution in [0.4, 0.5) is 0 Å². The number of aromatic hydroxyl groups is 2. The Labute approximate surface area is 178 Å². The van der Waals surface area contributed by atoms with E-state index in [-0.39, 0.29) is 58.2 Å². The molecule has 0 bridgehead atoms. The lowest BCUT2D eigenvalue weighted by Gasteiger charge is -2.11. The summed E-state index contributed by atoms with van der Waals surface area (Å²) in [7, 11) is 0.